The molecule has 1 aliphatic heterocycles. The van der Waals surface area contributed by atoms with Gasteiger partial charge in [-0.1, -0.05) is 29.8 Å². The molecule has 6 nitrogen and oxygen atoms in total. The number of carbonyl (C=O) groups excluding carboxylic acids is 2. The van der Waals surface area contributed by atoms with Crippen LogP contribution >= 0.6 is 0 Å². The minimum absolute atomic E-state index is 0.123. The van der Waals surface area contributed by atoms with Gasteiger partial charge in [-0.3, -0.25) is 9.59 Å². The molecule has 176 valence electrons. The Labute approximate surface area is 200 Å². The van der Waals surface area contributed by atoms with Gasteiger partial charge >= 0.3 is 0 Å². The first-order chi connectivity index (χ1) is 16.5. The lowest BCUT2D eigenvalue weighted by atomic mass is 10.1. The second-order valence-electron chi connectivity index (χ2n) is 8.73. The van der Waals surface area contributed by atoms with E-state index in [1.165, 1.54) is 37.3 Å². The third-order valence-corrected chi connectivity index (χ3v) is 6.10. The summed E-state index contributed by atoms with van der Waals surface area (Å²) in [6.45, 7) is 6.07. The molecule has 4 rings (SSSR count). The fourth-order valence-corrected chi connectivity index (χ4v) is 4.06. The van der Waals surface area contributed by atoms with Crippen LogP contribution in [0.1, 0.15) is 59.5 Å². The van der Waals surface area contributed by atoms with Crippen LogP contribution in [0.3, 0.4) is 0 Å². The summed E-state index contributed by atoms with van der Waals surface area (Å²) in [4.78, 5) is 28.3. The van der Waals surface area contributed by atoms with Crippen LogP contribution in [0, 0.1) is 6.92 Å². The van der Waals surface area contributed by atoms with E-state index in [-0.39, 0.29) is 23.6 Å². The maximum atomic E-state index is 13.1. The van der Waals surface area contributed by atoms with Crippen LogP contribution in [0.2, 0.25) is 0 Å². The molecule has 0 spiro atoms. The molecule has 6 heteroatoms. The summed E-state index contributed by atoms with van der Waals surface area (Å²) >= 11 is 0. The van der Waals surface area contributed by atoms with Crippen LogP contribution in [0.25, 0.3) is 6.08 Å². The molecular formula is C28H31N3O3. The molecule has 1 aliphatic rings. The van der Waals surface area contributed by atoms with Crippen LogP contribution in [0.5, 0.6) is 0 Å². The predicted octanol–water partition coefficient (Wildman–Crippen LogP) is 5.23. The van der Waals surface area contributed by atoms with Gasteiger partial charge in [-0.2, -0.15) is 0 Å². The molecular weight excluding hydrogens is 426 g/mol. The minimum Gasteiger partial charge on any atom is -0.465 e. The fraction of sp³-hybridized carbons (Fsp3) is 0.286. The molecule has 1 fully saturated rings. The van der Waals surface area contributed by atoms with E-state index in [1.807, 2.05) is 26.0 Å². The van der Waals surface area contributed by atoms with Crippen molar-refractivity contribution in [2.24, 2.45) is 0 Å². The Bertz CT molecular complexity index is 1130. The molecule has 2 heterocycles. The van der Waals surface area contributed by atoms with Crippen molar-refractivity contribution in [1.82, 2.24) is 10.6 Å². The summed E-state index contributed by atoms with van der Waals surface area (Å²) in [6, 6.07) is 18.7. The number of rotatable bonds is 7. The lowest BCUT2D eigenvalue weighted by Crippen LogP contribution is -2.36. The van der Waals surface area contributed by atoms with Gasteiger partial charge in [-0.05, 0) is 75.1 Å². The summed E-state index contributed by atoms with van der Waals surface area (Å²) in [5.74, 6) is -0.260. The van der Waals surface area contributed by atoms with Crippen molar-refractivity contribution in [2.75, 3.05) is 18.0 Å². The lowest BCUT2D eigenvalue weighted by molar-refractivity contribution is -0.118. The number of amides is 2. The number of aryl methyl sites for hydroxylation is 1. The number of nitrogens with one attached hydrogen (secondary N) is 2. The largest absolute Gasteiger partial charge is 0.465 e. The molecule has 0 radical (unpaired) electrons. The highest BCUT2D eigenvalue weighted by molar-refractivity contribution is 6.05. The third kappa shape index (κ3) is 5.95. The molecule has 0 bridgehead atoms. The van der Waals surface area contributed by atoms with E-state index in [4.69, 9.17) is 4.42 Å². The van der Waals surface area contributed by atoms with Gasteiger partial charge in [0.05, 0.1) is 12.3 Å². The maximum Gasteiger partial charge on any atom is 0.268 e. The van der Waals surface area contributed by atoms with Gasteiger partial charge in [0.1, 0.15) is 11.5 Å². The van der Waals surface area contributed by atoms with Crippen molar-refractivity contribution < 1.29 is 14.0 Å². The van der Waals surface area contributed by atoms with Gasteiger partial charge in [0.15, 0.2) is 0 Å². The summed E-state index contributed by atoms with van der Waals surface area (Å²) < 4.78 is 5.37. The molecule has 2 amide bonds. The van der Waals surface area contributed by atoms with E-state index in [0.29, 0.717) is 11.3 Å². The predicted molar refractivity (Wildman–Crippen MR) is 134 cm³/mol. The second-order valence-corrected chi connectivity index (χ2v) is 8.73. The van der Waals surface area contributed by atoms with Gasteiger partial charge in [0.2, 0.25) is 0 Å². The van der Waals surface area contributed by atoms with Gasteiger partial charge in [0.25, 0.3) is 11.8 Å². The standard InChI is InChI=1S/C28H31N3O3/c1-20-8-10-23(11-9-20)27(32)30-26(19-25-7-6-18-34-25)28(33)29-21(2)22-12-14-24(15-13-22)31-16-4-3-5-17-31/h6-15,18-19,21H,3-5,16-17H2,1-2H3,(H,29,33)(H,30,32)/b26-19-/t21-/m0/s1. The van der Waals surface area contributed by atoms with Crippen LogP contribution < -0.4 is 15.5 Å². The summed E-state index contributed by atoms with van der Waals surface area (Å²) in [5.41, 5.74) is 3.87. The first-order valence-corrected chi connectivity index (χ1v) is 11.8. The van der Waals surface area contributed by atoms with Gasteiger partial charge < -0.3 is 20.0 Å². The van der Waals surface area contributed by atoms with E-state index in [0.717, 1.165) is 24.2 Å². The third-order valence-electron chi connectivity index (χ3n) is 6.10. The Kier molecular flexibility index (Phi) is 7.48. The zero-order valence-corrected chi connectivity index (χ0v) is 19.7. The number of hydrogen-bond donors (Lipinski definition) is 2. The average Bonchev–Trinajstić information content (AvgIpc) is 3.38. The van der Waals surface area contributed by atoms with E-state index < -0.39 is 0 Å². The van der Waals surface area contributed by atoms with Crippen LogP contribution in [0.15, 0.2) is 77.0 Å². The van der Waals surface area contributed by atoms with Crippen LogP contribution in [-0.2, 0) is 4.79 Å². The quantitative estimate of drug-likeness (QED) is 0.477. The molecule has 34 heavy (non-hydrogen) atoms. The first kappa shape index (κ1) is 23.4. The Hall–Kier alpha value is -3.80. The molecule has 2 aromatic carbocycles. The Morgan fingerprint density at radius 1 is 0.971 bits per heavy atom. The van der Waals surface area contributed by atoms with Crippen molar-refractivity contribution >= 4 is 23.6 Å². The normalized spacial score (nSPS) is 15.0. The van der Waals surface area contributed by atoms with Gasteiger partial charge in [-0.15, -0.1) is 0 Å². The molecule has 1 saturated heterocycles. The van der Waals surface area contributed by atoms with Crippen molar-refractivity contribution in [1.29, 1.82) is 0 Å². The van der Waals surface area contributed by atoms with Crippen LogP contribution in [0.4, 0.5) is 5.69 Å². The topological polar surface area (TPSA) is 74.6 Å². The molecule has 0 saturated carbocycles. The van der Waals surface area contributed by atoms with Crippen molar-refractivity contribution in [3.63, 3.8) is 0 Å². The molecule has 2 N–H and O–H groups in total. The number of anilines is 1. The summed E-state index contributed by atoms with van der Waals surface area (Å²) in [5, 5.41) is 5.74. The lowest BCUT2D eigenvalue weighted by Gasteiger charge is -2.29. The van der Waals surface area contributed by atoms with Crippen molar-refractivity contribution in [2.45, 2.75) is 39.2 Å². The SMILES string of the molecule is Cc1ccc(C(=O)N/C(=C\c2ccco2)C(=O)N[C@@H](C)c2ccc(N3CCCCC3)cc2)cc1. The number of benzene rings is 2. The zero-order chi connectivity index (χ0) is 23.9. The van der Waals surface area contributed by atoms with E-state index in [2.05, 4.69) is 39.8 Å². The van der Waals surface area contributed by atoms with E-state index in [9.17, 15) is 9.59 Å². The molecule has 1 aromatic heterocycles. The Morgan fingerprint density at radius 2 is 1.68 bits per heavy atom. The van der Waals surface area contributed by atoms with Gasteiger partial charge in [0, 0.05) is 30.4 Å². The number of piperidine rings is 1. The smallest absolute Gasteiger partial charge is 0.268 e. The number of hydrogen-bond acceptors (Lipinski definition) is 4. The highest BCUT2D eigenvalue weighted by Crippen LogP contribution is 2.22. The van der Waals surface area contributed by atoms with E-state index >= 15 is 0 Å². The summed E-state index contributed by atoms with van der Waals surface area (Å²) in [6.07, 6.45) is 6.82. The van der Waals surface area contributed by atoms with E-state index in [1.54, 1.807) is 24.3 Å². The minimum atomic E-state index is -0.385. The molecule has 0 unspecified atom stereocenters. The number of furan rings is 1. The number of carbonyl (C=O) groups is 2. The summed E-state index contributed by atoms with van der Waals surface area (Å²) in [7, 11) is 0. The fourth-order valence-electron chi connectivity index (χ4n) is 4.06. The average molecular weight is 458 g/mol. The zero-order valence-electron chi connectivity index (χ0n) is 19.7. The van der Waals surface area contributed by atoms with Gasteiger partial charge in [-0.25, -0.2) is 0 Å². The molecule has 1 atom stereocenters. The second kappa shape index (κ2) is 10.9. The Morgan fingerprint density at radius 3 is 2.32 bits per heavy atom. The Balaban J connectivity index is 1.46. The molecule has 3 aromatic rings. The van der Waals surface area contributed by atoms with Crippen LogP contribution in [-0.4, -0.2) is 24.9 Å². The first-order valence-electron chi connectivity index (χ1n) is 11.8. The van der Waals surface area contributed by atoms with Crippen molar-refractivity contribution in [3.8, 4) is 0 Å². The molecule has 0 aliphatic carbocycles. The van der Waals surface area contributed by atoms with Crippen molar-refractivity contribution in [3.05, 3.63) is 95.1 Å². The number of nitrogens with zero attached hydrogens (tertiary/aromatic N) is 1. The maximum absolute atomic E-state index is 13.1. The monoisotopic (exact) mass is 457 g/mol. The highest BCUT2D eigenvalue weighted by atomic mass is 16.3. The highest BCUT2D eigenvalue weighted by Gasteiger charge is 2.18.